The predicted octanol–water partition coefficient (Wildman–Crippen LogP) is 2.87. The van der Waals surface area contributed by atoms with E-state index in [1.807, 2.05) is 0 Å². The molecular formula is C11H6BrFN2O3. The quantitative estimate of drug-likeness (QED) is 0.943. The Morgan fingerprint density at radius 2 is 2.06 bits per heavy atom. The third-order valence-corrected chi connectivity index (χ3v) is 2.46. The lowest BCUT2D eigenvalue weighted by atomic mass is 10.3. The second-order valence-corrected chi connectivity index (χ2v) is 4.15. The molecule has 92 valence electrons. The van der Waals surface area contributed by atoms with E-state index in [4.69, 9.17) is 9.84 Å². The number of hydrogen-bond acceptors (Lipinski definition) is 4. The number of ether oxygens (including phenoxy) is 1. The highest BCUT2D eigenvalue weighted by Crippen LogP contribution is 2.25. The number of aromatic nitrogens is 2. The maximum absolute atomic E-state index is 13.4. The number of nitrogens with zero attached hydrogens (tertiary/aromatic N) is 2. The average molecular weight is 313 g/mol. The Balaban J connectivity index is 2.21. The first-order chi connectivity index (χ1) is 8.56. The number of carboxylic acids is 1. The zero-order chi connectivity index (χ0) is 13.1. The van der Waals surface area contributed by atoms with Gasteiger partial charge in [0, 0.05) is 10.5 Å². The van der Waals surface area contributed by atoms with E-state index in [1.165, 1.54) is 24.3 Å². The number of rotatable bonds is 3. The van der Waals surface area contributed by atoms with Gasteiger partial charge < -0.3 is 9.84 Å². The van der Waals surface area contributed by atoms with Crippen molar-refractivity contribution in [3.05, 3.63) is 46.3 Å². The molecule has 7 heteroatoms. The van der Waals surface area contributed by atoms with Crippen LogP contribution in [0.2, 0.25) is 0 Å². The summed E-state index contributed by atoms with van der Waals surface area (Å²) in [6, 6.07) is 6.80. The van der Waals surface area contributed by atoms with Crippen LogP contribution in [0.4, 0.5) is 4.39 Å². The minimum Gasteiger partial charge on any atom is -0.476 e. The molecule has 2 rings (SSSR count). The second-order valence-electron chi connectivity index (χ2n) is 3.24. The summed E-state index contributed by atoms with van der Waals surface area (Å²) >= 11 is 3.12. The van der Waals surface area contributed by atoms with Gasteiger partial charge in [-0.1, -0.05) is 15.9 Å². The molecule has 0 saturated carbocycles. The van der Waals surface area contributed by atoms with Crippen LogP contribution < -0.4 is 4.74 Å². The first kappa shape index (κ1) is 12.4. The van der Waals surface area contributed by atoms with Crippen LogP contribution in [0.5, 0.6) is 11.6 Å². The van der Waals surface area contributed by atoms with Crippen LogP contribution in [-0.2, 0) is 0 Å². The van der Waals surface area contributed by atoms with Gasteiger partial charge in [-0.15, -0.1) is 10.2 Å². The molecule has 1 heterocycles. The van der Waals surface area contributed by atoms with E-state index < -0.39 is 11.8 Å². The van der Waals surface area contributed by atoms with Gasteiger partial charge >= 0.3 is 5.97 Å². The van der Waals surface area contributed by atoms with E-state index in [0.29, 0.717) is 4.47 Å². The van der Waals surface area contributed by atoms with Crippen molar-refractivity contribution in [2.75, 3.05) is 0 Å². The summed E-state index contributed by atoms with van der Waals surface area (Å²) in [5.74, 6) is -1.76. The molecule has 1 aromatic heterocycles. The van der Waals surface area contributed by atoms with Gasteiger partial charge in [-0.3, -0.25) is 0 Å². The zero-order valence-corrected chi connectivity index (χ0v) is 10.4. The van der Waals surface area contributed by atoms with Gasteiger partial charge in [-0.2, -0.15) is 0 Å². The molecule has 0 radical (unpaired) electrons. The second kappa shape index (κ2) is 5.09. The summed E-state index contributed by atoms with van der Waals surface area (Å²) in [6.45, 7) is 0. The van der Waals surface area contributed by atoms with E-state index >= 15 is 0 Å². The molecule has 0 amide bonds. The SMILES string of the molecule is O=C(O)c1ccc(Oc2ccc(Br)cc2F)nn1. The predicted molar refractivity (Wildman–Crippen MR) is 63.2 cm³/mol. The molecule has 0 bridgehead atoms. The highest BCUT2D eigenvalue weighted by atomic mass is 79.9. The first-order valence-electron chi connectivity index (χ1n) is 4.76. The van der Waals surface area contributed by atoms with Crippen molar-refractivity contribution in [3.63, 3.8) is 0 Å². The lowest BCUT2D eigenvalue weighted by molar-refractivity contribution is 0.0689. The monoisotopic (exact) mass is 312 g/mol. The maximum Gasteiger partial charge on any atom is 0.356 e. The molecule has 0 aliphatic heterocycles. The standard InChI is InChI=1S/C11H6BrFN2O3/c12-6-1-3-9(7(13)5-6)18-10-4-2-8(11(16)17)14-15-10/h1-5H,(H,16,17). The van der Waals surface area contributed by atoms with E-state index in [-0.39, 0.29) is 17.3 Å². The van der Waals surface area contributed by atoms with Gasteiger partial charge in [-0.25, -0.2) is 9.18 Å². The minimum atomic E-state index is -1.19. The highest BCUT2D eigenvalue weighted by Gasteiger charge is 2.09. The Kier molecular flexibility index (Phi) is 3.52. The van der Waals surface area contributed by atoms with E-state index in [1.54, 1.807) is 6.07 Å². The smallest absolute Gasteiger partial charge is 0.356 e. The fourth-order valence-corrected chi connectivity index (χ4v) is 1.49. The van der Waals surface area contributed by atoms with Crippen LogP contribution >= 0.6 is 15.9 Å². The van der Waals surface area contributed by atoms with E-state index in [0.717, 1.165) is 0 Å². The van der Waals surface area contributed by atoms with Gasteiger partial charge in [0.05, 0.1) is 0 Å². The summed E-state index contributed by atoms with van der Waals surface area (Å²) in [5, 5.41) is 15.6. The fourth-order valence-electron chi connectivity index (χ4n) is 1.16. The van der Waals surface area contributed by atoms with Crippen molar-refractivity contribution in [2.45, 2.75) is 0 Å². The van der Waals surface area contributed by atoms with Gasteiger partial charge in [-0.05, 0) is 24.3 Å². The number of aromatic carboxylic acids is 1. The van der Waals surface area contributed by atoms with E-state index in [9.17, 15) is 9.18 Å². The van der Waals surface area contributed by atoms with E-state index in [2.05, 4.69) is 26.1 Å². The normalized spacial score (nSPS) is 10.1. The van der Waals surface area contributed by atoms with Crippen molar-refractivity contribution in [1.82, 2.24) is 10.2 Å². The first-order valence-corrected chi connectivity index (χ1v) is 5.55. The summed E-state index contributed by atoms with van der Waals surface area (Å²) < 4.78 is 19.2. The van der Waals surface area contributed by atoms with Gasteiger partial charge in [0.15, 0.2) is 17.3 Å². The lowest BCUT2D eigenvalue weighted by Crippen LogP contribution is -2.02. The number of carbonyl (C=O) groups is 1. The van der Waals surface area contributed by atoms with Crippen molar-refractivity contribution in [1.29, 1.82) is 0 Å². The molecule has 0 unspecified atom stereocenters. The third-order valence-electron chi connectivity index (χ3n) is 1.97. The number of halogens is 2. The molecular weight excluding hydrogens is 307 g/mol. The topological polar surface area (TPSA) is 72.3 Å². The highest BCUT2D eigenvalue weighted by molar-refractivity contribution is 9.10. The van der Waals surface area contributed by atoms with Crippen molar-refractivity contribution in [3.8, 4) is 11.6 Å². The molecule has 18 heavy (non-hydrogen) atoms. The van der Waals surface area contributed by atoms with Crippen LogP contribution in [0.1, 0.15) is 10.5 Å². The van der Waals surface area contributed by atoms with Crippen LogP contribution in [-0.4, -0.2) is 21.3 Å². The van der Waals surface area contributed by atoms with Crippen LogP contribution in [0, 0.1) is 5.82 Å². The molecule has 0 aliphatic rings. The summed E-state index contributed by atoms with van der Waals surface area (Å²) in [5.41, 5.74) is -0.210. The Bertz CT molecular complexity index is 589. The van der Waals surface area contributed by atoms with Gasteiger partial charge in [0.1, 0.15) is 0 Å². The molecule has 0 aliphatic carbocycles. The molecule has 0 fully saturated rings. The fraction of sp³-hybridized carbons (Fsp3) is 0. The molecule has 0 atom stereocenters. The van der Waals surface area contributed by atoms with Crippen LogP contribution in [0.25, 0.3) is 0 Å². The van der Waals surface area contributed by atoms with Crippen molar-refractivity contribution in [2.24, 2.45) is 0 Å². The molecule has 1 N–H and O–H groups in total. The molecule has 5 nitrogen and oxygen atoms in total. The molecule has 0 spiro atoms. The maximum atomic E-state index is 13.4. The number of carboxylic acid groups (broad SMARTS) is 1. The summed E-state index contributed by atoms with van der Waals surface area (Å²) in [7, 11) is 0. The number of hydrogen-bond donors (Lipinski definition) is 1. The Labute approximate surface area is 109 Å². The number of benzene rings is 1. The third kappa shape index (κ3) is 2.80. The average Bonchev–Trinajstić information content (AvgIpc) is 2.33. The largest absolute Gasteiger partial charge is 0.476 e. The molecule has 1 aromatic carbocycles. The Hall–Kier alpha value is -2.02. The zero-order valence-electron chi connectivity index (χ0n) is 8.80. The Morgan fingerprint density at radius 1 is 1.28 bits per heavy atom. The van der Waals surface area contributed by atoms with Crippen LogP contribution in [0.15, 0.2) is 34.8 Å². The van der Waals surface area contributed by atoms with Crippen LogP contribution in [0.3, 0.4) is 0 Å². The lowest BCUT2D eigenvalue weighted by Gasteiger charge is -2.05. The minimum absolute atomic E-state index is 0.0150. The van der Waals surface area contributed by atoms with Crippen molar-refractivity contribution >= 4 is 21.9 Å². The van der Waals surface area contributed by atoms with Gasteiger partial charge in [0.25, 0.3) is 0 Å². The summed E-state index contributed by atoms with van der Waals surface area (Å²) in [6.07, 6.45) is 0. The van der Waals surface area contributed by atoms with Crippen molar-refractivity contribution < 1.29 is 19.0 Å². The molecule has 0 saturated heterocycles. The Morgan fingerprint density at radius 3 is 2.61 bits per heavy atom. The molecule has 2 aromatic rings. The van der Waals surface area contributed by atoms with Gasteiger partial charge in [0.2, 0.25) is 5.88 Å². The summed E-state index contributed by atoms with van der Waals surface area (Å²) in [4.78, 5) is 10.6.